The fraction of sp³-hybridized carbons (Fsp3) is 0.312. The van der Waals surface area contributed by atoms with Gasteiger partial charge in [-0.1, -0.05) is 18.2 Å². The fourth-order valence-corrected chi connectivity index (χ4v) is 2.76. The Morgan fingerprint density at radius 1 is 1.30 bits per heavy atom. The lowest BCUT2D eigenvalue weighted by molar-refractivity contribution is 0.223. The van der Waals surface area contributed by atoms with E-state index in [9.17, 15) is 5.11 Å². The maximum Gasteiger partial charge on any atom is 0.203 e. The van der Waals surface area contributed by atoms with E-state index in [2.05, 4.69) is 17.0 Å². The van der Waals surface area contributed by atoms with Gasteiger partial charge in [0.1, 0.15) is 11.8 Å². The Bertz CT molecular complexity index is 642. The van der Waals surface area contributed by atoms with E-state index in [-0.39, 0.29) is 12.5 Å². The molecule has 0 fully saturated rings. The zero-order valence-corrected chi connectivity index (χ0v) is 11.1. The average Bonchev–Trinajstić information content (AvgIpc) is 2.94. The Kier molecular flexibility index (Phi) is 3.44. The minimum absolute atomic E-state index is 0.187. The highest BCUT2D eigenvalue weighted by Crippen LogP contribution is 2.30. The number of furan rings is 1. The van der Waals surface area contributed by atoms with E-state index in [1.165, 1.54) is 11.3 Å². The Balaban J connectivity index is 1.86. The maximum atomic E-state index is 9.45. The zero-order valence-electron chi connectivity index (χ0n) is 11.1. The largest absolute Gasteiger partial charge is 0.449 e. The quantitative estimate of drug-likeness (QED) is 0.928. The second kappa shape index (κ2) is 5.40. The Labute approximate surface area is 117 Å². The molecule has 0 saturated carbocycles. The monoisotopic (exact) mass is 268 g/mol. The Hall–Kier alpha value is -2.25. The average molecular weight is 268 g/mol. The molecule has 2 heterocycles. The molecule has 4 nitrogen and oxygen atoms in total. The molecule has 0 saturated heterocycles. The van der Waals surface area contributed by atoms with Crippen molar-refractivity contribution < 1.29 is 9.52 Å². The summed E-state index contributed by atoms with van der Waals surface area (Å²) in [7, 11) is 0. The first-order chi connectivity index (χ1) is 9.80. The van der Waals surface area contributed by atoms with Crippen LogP contribution in [0, 0.1) is 17.2 Å². The molecule has 1 atom stereocenters. The van der Waals surface area contributed by atoms with Crippen LogP contribution >= 0.6 is 0 Å². The van der Waals surface area contributed by atoms with Gasteiger partial charge in [0.15, 0.2) is 0 Å². The summed E-state index contributed by atoms with van der Waals surface area (Å²) in [6.45, 7) is 1.61. The molecule has 102 valence electrons. The summed E-state index contributed by atoms with van der Waals surface area (Å²) in [5, 5.41) is 18.3. The van der Waals surface area contributed by atoms with Gasteiger partial charge in [0, 0.05) is 24.8 Å². The van der Waals surface area contributed by atoms with E-state index in [1.807, 2.05) is 24.3 Å². The van der Waals surface area contributed by atoms with Crippen LogP contribution < -0.4 is 4.90 Å². The molecule has 1 aliphatic heterocycles. The second-order valence-electron chi connectivity index (χ2n) is 5.14. The first kappa shape index (κ1) is 12.8. The minimum atomic E-state index is 0.187. The van der Waals surface area contributed by atoms with Gasteiger partial charge in [-0.05, 0) is 30.2 Å². The topological polar surface area (TPSA) is 60.4 Å². The molecule has 1 unspecified atom stereocenters. The number of fused-ring (bicyclic) bond motifs is 1. The van der Waals surface area contributed by atoms with Crippen molar-refractivity contribution in [1.29, 1.82) is 5.26 Å². The van der Waals surface area contributed by atoms with Crippen LogP contribution in [0.25, 0.3) is 0 Å². The van der Waals surface area contributed by atoms with Crippen LogP contribution in [-0.4, -0.2) is 18.3 Å². The summed E-state index contributed by atoms with van der Waals surface area (Å²) in [5.74, 6) is 1.36. The normalized spacial score (nSPS) is 17.6. The minimum Gasteiger partial charge on any atom is -0.449 e. The van der Waals surface area contributed by atoms with Gasteiger partial charge >= 0.3 is 0 Å². The summed E-state index contributed by atoms with van der Waals surface area (Å²) in [4.78, 5) is 2.21. The molecule has 3 rings (SSSR count). The third-order valence-electron chi connectivity index (χ3n) is 3.70. The van der Waals surface area contributed by atoms with Crippen LogP contribution in [0.5, 0.6) is 0 Å². The van der Waals surface area contributed by atoms with Crippen LogP contribution in [-0.2, 0) is 13.0 Å². The van der Waals surface area contributed by atoms with E-state index >= 15 is 0 Å². The molecule has 0 spiro atoms. The maximum absolute atomic E-state index is 9.45. The first-order valence-corrected chi connectivity index (χ1v) is 6.72. The molecule has 2 aromatic rings. The van der Waals surface area contributed by atoms with E-state index in [0.29, 0.717) is 12.3 Å². The highest BCUT2D eigenvalue weighted by Gasteiger charge is 2.24. The molecule has 20 heavy (non-hydrogen) atoms. The van der Waals surface area contributed by atoms with Crippen LogP contribution in [0.3, 0.4) is 0 Å². The van der Waals surface area contributed by atoms with Gasteiger partial charge in [0.05, 0.1) is 6.54 Å². The van der Waals surface area contributed by atoms with Gasteiger partial charge in [-0.15, -0.1) is 0 Å². The molecule has 0 bridgehead atoms. The van der Waals surface area contributed by atoms with Crippen molar-refractivity contribution in [1.82, 2.24) is 0 Å². The number of hydrogen-bond donors (Lipinski definition) is 1. The third kappa shape index (κ3) is 2.40. The molecule has 0 aliphatic carbocycles. The van der Waals surface area contributed by atoms with Crippen molar-refractivity contribution in [2.75, 3.05) is 18.1 Å². The standard InChI is InChI=1S/C16H16N2O2/c17-8-14-5-6-15(20-14)10-18-9-12(11-19)7-13-3-1-2-4-16(13)18/h1-6,12,19H,7,9-11H2. The molecule has 0 radical (unpaired) electrons. The predicted molar refractivity (Wildman–Crippen MR) is 75.2 cm³/mol. The SMILES string of the molecule is N#Cc1ccc(CN2CC(CO)Cc3ccccc32)o1. The highest BCUT2D eigenvalue weighted by molar-refractivity contribution is 5.55. The van der Waals surface area contributed by atoms with Crippen molar-refractivity contribution in [2.24, 2.45) is 5.92 Å². The molecule has 4 heteroatoms. The lowest BCUT2D eigenvalue weighted by atomic mass is 9.93. The molecular formula is C16H16N2O2. The number of para-hydroxylation sites is 1. The number of aliphatic hydroxyl groups excluding tert-OH is 1. The highest BCUT2D eigenvalue weighted by atomic mass is 16.3. The van der Waals surface area contributed by atoms with Crippen LogP contribution in [0.1, 0.15) is 17.1 Å². The molecule has 1 aromatic carbocycles. The summed E-state index contributed by atoms with van der Waals surface area (Å²) in [5.41, 5.74) is 2.44. The summed E-state index contributed by atoms with van der Waals surface area (Å²) in [6.07, 6.45) is 0.908. The van der Waals surface area contributed by atoms with Crippen molar-refractivity contribution in [3.8, 4) is 6.07 Å². The van der Waals surface area contributed by atoms with E-state index in [1.54, 1.807) is 6.07 Å². The number of hydrogen-bond acceptors (Lipinski definition) is 4. The summed E-state index contributed by atoms with van der Waals surface area (Å²) in [6, 6.07) is 13.8. The van der Waals surface area contributed by atoms with Gasteiger partial charge in [-0.25, -0.2) is 0 Å². The summed E-state index contributed by atoms with van der Waals surface area (Å²) < 4.78 is 5.45. The van der Waals surface area contributed by atoms with E-state index in [0.717, 1.165) is 18.7 Å². The van der Waals surface area contributed by atoms with Crippen molar-refractivity contribution >= 4 is 5.69 Å². The third-order valence-corrected chi connectivity index (χ3v) is 3.70. The Morgan fingerprint density at radius 2 is 2.15 bits per heavy atom. The van der Waals surface area contributed by atoms with Gasteiger partial charge < -0.3 is 14.4 Å². The van der Waals surface area contributed by atoms with Gasteiger partial charge in [0.25, 0.3) is 0 Å². The number of aliphatic hydroxyl groups is 1. The van der Waals surface area contributed by atoms with Crippen molar-refractivity contribution in [3.05, 3.63) is 53.5 Å². The molecule has 1 aliphatic rings. The lowest BCUT2D eigenvalue weighted by Crippen LogP contribution is -2.36. The van der Waals surface area contributed by atoms with Gasteiger partial charge in [0.2, 0.25) is 5.76 Å². The van der Waals surface area contributed by atoms with Crippen LogP contribution in [0.15, 0.2) is 40.8 Å². The van der Waals surface area contributed by atoms with Gasteiger partial charge in [-0.3, -0.25) is 0 Å². The van der Waals surface area contributed by atoms with E-state index in [4.69, 9.17) is 9.68 Å². The molecule has 1 aromatic heterocycles. The first-order valence-electron chi connectivity index (χ1n) is 6.72. The lowest BCUT2D eigenvalue weighted by Gasteiger charge is -2.35. The van der Waals surface area contributed by atoms with E-state index < -0.39 is 0 Å². The molecule has 0 amide bonds. The number of rotatable bonds is 3. The number of anilines is 1. The second-order valence-corrected chi connectivity index (χ2v) is 5.14. The number of benzene rings is 1. The van der Waals surface area contributed by atoms with Crippen molar-refractivity contribution in [2.45, 2.75) is 13.0 Å². The Morgan fingerprint density at radius 3 is 2.90 bits per heavy atom. The van der Waals surface area contributed by atoms with Gasteiger partial charge in [-0.2, -0.15) is 5.26 Å². The number of nitrogens with zero attached hydrogens (tertiary/aromatic N) is 2. The summed E-state index contributed by atoms with van der Waals surface area (Å²) >= 11 is 0. The smallest absolute Gasteiger partial charge is 0.203 e. The predicted octanol–water partition coefficient (Wildman–Crippen LogP) is 2.32. The van der Waals surface area contributed by atoms with Crippen molar-refractivity contribution in [3.63, 3.8) is 0 Å². The zero-order chi connectivity index (χ0) is 13.9. The van der Waals surface area contributed by atoms with Crippen LogP contribution in [0.2, 0.25) is 0 Å². The fourth-order valence-electron chi connectivity index (χ4n) is 2.76. The molecular weight excluding hydrogens is 252 g/mol. The molecule has 1 N–H and O–H groups in total. The number of nitriles is 1. The van der Waals surface area contributed by atoms with Crippen LogP contribution in [0.4, 0.5) is 5.69 Å².